The quantitative estimate of drug-likeness (QED) is 0.342. The monoisotopic (exact) mass is 545 g/mol. The van der Waals surface area contributed by atoms with Crippen molar-refractivity contribution in [3.8, 4) is 22.4 Å². The Morgan fingerprint density at radius 1 is 1.00 bits per heavy atom. The number of benzene rings is 1. The summed E-state index contributed by atoms with van der Waals surface area (Å²) in [6, 6.07) is 9.09. The van der Waals surface area contributed by atoms with Crippen molar-refractivity contribution in [3.63, 3.8) is 0 Å². The number of hydrogen-bond acceptors (Lipinski definition) is 8. The van der Waals surface area contributed by atoms with Crippen LogP contribution in [-0.2, 0) is 4.74 Å². The molecule has 1 amide bonds. The van der Waals surface area contributed by atoms with Crippen molar-refractivity contribution in [2.75, 3.05) is 24.6 Å². The second kappa shape index (κ2) is 10.2. The Hall–Kier alpha value is -3.57. The average Bonchev–Trinajstić information content (AvgIpc) is 3.46. The highest BCUT2D eigenvalue weighted by Gasteiger charge is 2.37. The molecule has 1 atom stereocenters. The van der Waals surface area contributed by atoms with Gasteiger partial charge >= 0.3 is 6.09 Å². The molecule has 7 rings (SSSR count). The highest BCUT2D eigenvalue weighted by atomic mass is 32.1. The molecule has 2 saturated heterocycles. The number of nitrogens with zero attached hydrogens (tertiary/aromatic N) is 7. The Balaban J connectivity index is 1.14. The first-order chi connectivity index (χ1) is 19.2. The van der Waals surface area contributed by atoms with Crippen molar-refractivity contribution >= 4 is 33.5 Å². The highest BCUT2D eigenvalue weighted by molar-refractivity contribution is 7.17. The Labute approximate surface area is 230 Å². The molecule has 39 heavy (non-hydrogen) atoms. The van der Waals surface area contributed by atoms with Crippen LogP contribution in [0.2, 0.25) is 0 Å². The van der Waals surface area contributed by atoms with Gasteiger partial charge in [0.25, 0.3) is 0 Å². The fraction of sp³-hybridized carbons (Fsp3) is 0.464. The molecule has 0 bridgehead atoms. The van der Waals surface area contributed by atoms with E-state index in [9.17, 15) is 9.90 Å². The molecule has 1 N–H and O–H groups in total. The molecule has 11 heteroatoms. The van der Waals surface area contributed by atoms with E-state index in [1.165, 1.54) is 4.90 Å². The third-order valence-corrected chi connectivity index (χ3v) is 8.97. The van der Waals surface area contributed by atoms with E-state index in [1.54, 1.807) is 11.3 Å². The van der Waals surface area contributed by atoms with Crippen LogP contribution in [0.1, 0.15) is 51.2 Å². The molecule has 1 unspecified atom stereocenters. The first-order valence-corrected chi connectivity index (χ1v) is 14.7. The zero-order valence-corrected chi connectivity index (χ0v) is 22.5. The number of likely N-dealkylation sites (tertiary alicyclic amines) is 1. The molecule has 0 spiro atoms. The van der Waals surface area contributed by atoms with E-state index in [0.29, 0.717) is 25.2 Å². The SMILES string of the molecule is O=C(O)N1CCC(N(c2ccc(-c3ccc(-c4cnn(C5CCCCO5)c4)c4ncsc34)nn2)C2CC2)CC1. The Bertz CT molecular complexity index is 1470. The molecule has 0 radical (unpaired) electrons. The van der Waals surface area contributed by atoms with Crippen molar-refractivity contribution in [1.29, 1.82) is 0 Å². The van der Waals surface area contributed by atoms with Crippen LogP contribution in [0.5, 0.6) is 0 Å². The van der Waals surface area contributed by atoms with Crippen molar-refractivity contribution in [1.82, 2.24) is 29.9 Å². The van der Waals surface area contributed by atoms with E-state index in [1.807, 2.05) is 16.4 Å². The molecule has 3 fully saturated rings. The van der Waals surface area contributed by atoms with Gasteiger partial charge < -0.3 is 19.6 Å². The van der Waals surface area contributed by atoms with Crippen LogP contribution in [0, 0.1) is 0 Å². The van der Waals surface area contributed by atoms with E-state index < -0.39 is 6.09 Å². The second-order valence-corrected chi connectivity index (χ2v) is 11.5. The minimum atomic E-state index is -0.831. The Morgan fingerprint density at radius 3 is 2.54 bits per heavy atom. The molecule has 5 heterocycles. The number of hydrogen-bond donors (Lipinski definition) is 1. The number of piperidine rings is 1. The highest BCUT2D eigenvalue weighted by Crippen LogP contribution is 2.39. The second-order valence-electron chi connectivity index (χ2n) is 10.6. The van der Waals surface area contributed by atoms with Gasteiger partial charge in [-0.3, -0.25) is 0 Å². The maximum absolute atomic E-state index is 11.3. The average molecular weight is 546 g/mol. The summed E-state index contributed by atoms with van der Waals surface area (Å²) in [6.07, 6.45) is 10.3. The number of ether oxygens (including phenoxy) is 1. The summed E-state index contributed by atoms with van der Waals surface area (Å²) < 4.78 is 8.92. The van der Waals surface area contributed by atoms with Gasteiger partial charge in [0, 0.05) is 54.7 Å². The summed E-state index contributed by atoms with van der Waals surface area (Å²) in [5.74, 6) is 0.879. The molecule has 1 aliphatic carbocycles. The smallest absolute Gasteiger partial charge is 0.407 e. The van der Waals surface area contributed by atoms with E-state index in [2.05, 4.69) is 50.7 Å². The molecular weight excluding hydrogens is 514 g/mol. The third kappa shape index (κ3) is 4.74. The van der Waals surface area contributed by atoms with E-state index in [-0.39, 0.29) is 6.23 Å². The summed E-state index contributed by atoms with van der Waals surface area (Å²) in [7, 11) is 0. The first-order valence-electron chi connectivity index (χ1n) is 13.8. The van der Waals surface area contributed by atoms with Gasteiger partial charge in [0.2, 0.25) is 0 Å². The predicted octanol–water partition coefficient (Wildman–Crippen LogP) is 5.43. The van der Waals surface area contributed by atoms with Crippen molar-refractivity contribution in [2.24, 2.45) is 0 Å². The van der Waals surface area contributed by atoms with Gasteiger partial charge in [-0.2, -0.15) is 5.10 Å². The van der Waals surface area contributed by atoms with Crippen LogP contribution < -0.4 is 4.90 Å². The zero-order chi connectivity index (χ0) is 26.3. The first kappa shape index (κ1) is 24.5. The fourth-order valence-corrected chi connectivity index (χ4v) is 6.76. The number of carbonyl (C=O) groups is 1. The van der Waals surface area contributed by atoms with Crippen LogP contribution in [0.3, 0.4) is 0 Å². The molecule has 4 aromatic rings. The number of amides is 1. The molecule has 3 aromatic heterocycles. The number of aromatic nitrogens is 5. The van der Waals surface area contributed by atoms with Gasteiger partial charge in [0.05, 0.1) is 27.6 Å². The van der Waals surface area contributed by atoms with E-state index >= 15 is 0 Å². The van der Waals surface area contributed by atoms with Crippen LogP contribution in [0.4, 0.5) is 10.6 Å². The van der Waals surface area contributed by atoms with Gasteiger partial charge in [0.1, 0.15) is 6.23 Å². The standard InChI is InChI=1S/C28H31N7O3S/c36-28(37)33-12-10-20(11-13-33)35(19-4-5-19)24-9-8-23(31-32-24)22-7-6-21(26-27(22)39-17-29-26)18-15-30-34(16-18)25-3-1-2-14-38-25/h6-9,15-17,19-20,25H,1-5,10-14H2,(H,36,37). The summed E-state index contributed by atoms with van der Waals surface area (Å²) in [4.78, 5) is 19.9. The molecular formula is C28H31N7O3S. The topological polar surface area (TPSA) is 110 Å². The minimum Gasteiger partial charge on any atom is -0.465 e. The minimum absolute atomic E-state index is 0.00593. The number of rotatable bonds is 6. The van der Waals surface area contributed by atoms with Gasteiger partial charge in [-0.25, -0.2) is 14.5 Å². The summed E-state index contributed by atoms with van der Waals surface area (Å²) >= 11 is 1.61. The maximum atomic E-state index is 11.3. The predicted molar refractivity (Wildman–Crippen MR) is 149 cm³/mol. The number of thiazole rings is 1. The summed E-state index contributed by atoms with van der Waals surface area (Å²) in [5, 5.41) is 23.2. The molecule has 1 aromatic carbocycles. The van der Waals surface area contributed by atoms with E-state index in [0.717, 1.165) is 90.0 Å². The van der Waals surface area contributed by atoms with E-state index in [4.69, 9.17) is 9.72 Å². The molecule has 10 nitrogen and oxygen atoms in total. The fourth-order valence-electron chi connectivity index (χ4n) is 5.92. The molecule has 1 saturated carbocycles. The van der Waals surface area contributed by atoms with Crippen LogP contribution in [-0.4, -0.2) is 72.8 Å². The van der Waals surface area contributed by atoms with Gasteiger partial charge in [0.15, 0.2) is 5.82 Å². The van der Waals surface area contributed by atoms with Gasteiger partial charge in [-0.1, -0.05) is 12.1 Å². The van der Waals surface area contributed by atoms with Crippen molar-refractivity contribution in [3.05, 3.63) is 42.2 Å². The summed E-state index contributed by atoms with van der Waals surface area (Å²) in [5.41, 5.74) is 6.74. The lowest BCUT2D eigenvalue weighted by Crippen LogP contribution is -2.47. The zero-order valence-electron chi connectivity index (χ0n) is 21.6. The molecule has 3 aliphatic rings. The van der Waals surface area contributed by atoms with Gasteiger partial charge in [-0.15, -0.1) is 21.5 Å². The van der Waals surface area contributed by atoms with Crippen molar-refractivity contribution < 1.29 is 14.6 Å². The lowest BCUT2D eigenvalue weighted by molar-refractivity contribution is -0.0394. The largest absolute Gasteiger partial charge is 0.465 e. The summed E-state index contributed by atoms with van der Waals surface area (Å²) in [6.45, 7) is 1.92. The Kier molecular flexibility index (Phi) is 6.40. The third-order valence-electron chi connectivity index (χ3n) is 8.11. The normalized spacial score (nSPS) is 20.4. The maximum Gasteiger partial charge on any atom is 0.407 e. The molecule has 2 aliphatic heterocycles. The number of carboxylic acid groups (broad SMARTS) is 1. The number of fused-ring (bicyclic) bond motifs is 1. The van der Waals surface area contributed by atoms with Gasteiger partial charge in [-0.05, 0) is 57.1 Å². The van der Waals surface area contributed by atoms with Crippen LogP contribution in [0.15, 0.2) is 42.2 Å². The molecule has 202 valence electrons. The van der Waals surface area contributed by atoms with Crippen LogP contribution >= 0.6 is 11.3 Å². The van der Waals surface area contributed by atoms with Crippen molar-refractivity contribution in [2.45, 2.75) is 63.3 Å². The lowest BCUT2D eigenvalue weighted by atomic mass is 10.0. The lowest BCUT2D eigenvalue weighted by Gasteiger charge is -2.38. The Morgan fingerprint density at radius 2 is 1.82 bits per heavy atom. The van der Waals surface area contributed by atoms with Crippen LogP contribution in [0.25, 0.3) is 32.6 Å². The number of anilines is 1.